The van der Waals surface area contributed by atoms with Crippen molar-refractivity contribution < 1.29 is 9.53 Å². The summed E-state index contributed by atoms with van der Waals surface area (Å²) in [4.78, 5) is 13.8. The predicted octanol–water partition coefficient (Wildman–Crippen LogP) is 5.37. The van der Waals surface area contributed by atoms with E-state index in [2.05, 4.69) is 0 Å². The summed E-state index contributed by atoms with van der Waals surface area (Å²) in [7, 11) is 0. The predicted molar refractivity (Wildman–Crippen MR) is 86.6 cm³/mol. The van der Waals surface area contributed by atoms with Crippen molar-refractivity contribution >= 4 is 40.9 Å². The molecule has 2 rings (SSSR count). The van der Waals surface area contributed by atoms with Gasteiger partial charge in [-0.15, -0.1) is 0 Å². The Hall–Kier alpha value is -0.640. The van der Waals surface area contributed by atoms with Gasteiger partial charge in [0.05, 0.1) is 15.1 Å². The molecule has 0 bridgehead atoms. The second-order valence-corrected chi connectivity index (χ2v) is 7.34. The highest BCUT2D eigenvalue weighted by Crippen LogP contribution is 2.39. The van der Waals surface area contributed by atoms with Gasteiger partial charge < -0.3 is 9.64 Å². The molecule has 3 nitrogen and oxygen atoms in total. The molecular formula is C15H18Cl3NO2. The number of carbonyl (C=O) groups is 1. The number of nitrogens with zero attached hydrogens (tertiary/aromatic N) is 1. The van der Waals surface area contributed by atoms with Gasteiger partial charge in [0.25, 0.3) is 0 Å². The van der Waals surface area contributed by atoms with Crippen LogP contribution < -0.4 is 0 Å². The first-order chi connectivity index (χ1) is 9.69. The average Bonchev–Trinajstić information content (AvgIpc) is 2.83. The van der Waals surface area contributed by atoms with Gasteiger partial charge in [0.1, 0.15) is 5.60 Å². The highest BCUT2D eigenvalue weighted by atomic mass is 35.5. The number of rotatable bonds is 1. The van der Waals surface area contributed by atoms with E-state index in [1.54, 1.807) is 11.0 Å². The molecule has 1 heterocycles. The first kappa shape index (κ1) is 16.7. The molecule has 0 saturated carbocycles. The summed E-state index contributed by atoms with van der Waals surface area (Å²) in [6, 6.07) is 3.61. The zero-order valence-corrected chi connectivity index (χ0v) is 14.5. The number of benzene rings is 1. The Labute approximate surface area is 140 Å². The minimum Gasteiger partial charge on any atom is -0.444 e. The number of hydrogen-bond acceptors (Lipinski definition) is 2. The Bertz CT molecular complexity index is 555. The number of halogens is 3. The third kappa shape index (κ3) is 3.97. The Balaban J connectivity index is 2.09. The molecule has 21 heavy (non-hydrogen) atoms. The fraction of sp³-hybridized carbons (Fsp3) is 0.533. The van der Waals surface area contributed by atoms with Crippen molar-refractivity contribution in [3.05, 3.63) is 32.8 Å². The van der Waals surface area contributed by atoms with Gasteiger partial charge >= 0.3 is 6.09 Å². The van der Waals surface area contributed by atoms with Gasteiger partial charge in [-0.25, -0.2) is 4.79 Å². The number of hydrogen-bond donors (Lipinski definition) is 0. The summed E-state index contributed by atoms with van der Waals surface area (Å²) in [5.74, 6) is 0.153. The second kappa shape index (κ2) is 6.23. The van der Waals surface area contributed by atoms with Crippen molar-refractivity contribution in [2.24, 2.45) is 0 Å². The highest BCUT2D eigenvalue weighted by Gasteiger charge is 2.31. The van der Waals surface area contributed by atoms with Gasteiger partial charge in [-0.3, -0.25) is 0 Å². The maximum atomic E-state index is 12.1. The van der Waals surface area contributed by atoms with E-state index in [9.17, 15) is 4.79 Å². The standard InChI is InChI=1S/C15H18Cl3NO2/c1-15(2,3)21-14(20)19-7-6-9(8-19)10-4-5-11(16)13(18)12(10)17/h4-5,9H,6-8H2,1-3H3. The van der Waals surface area contributed by atoms with Crippen LogP contribution in [0.25, 0.3) is 0 Å². The summed E-state index contributed by atoms with van der Waals surface area (Å²) in [6.07, 6.45) is 0.540. The fourth-order valence-corrected chi connectivity index (χ4v) is 3.06. The lowest BCUT2D eigenvalue weighted by Crippen LogP contribution is -2.35. The van der Waals surface area contributed by atoms with E-state index in [0.29, 0.717) is 28.2 Å². The van der Waals surface area contributed by atoms with Crippen molar-refractivity contribution in [2.75, 3.05) is 13.1 Å². The maximum Gasteiger partial charge on any atom is 0.410 e. The zero-order chi connectivity index (χ0) is 15.8. The molecule has 0 aliphatic carbocycles. The molecule has 0 aromatic heterocycles. The lowest BCUT2D eigenvalue weighted by atomic mass is 9.98. The van der Waals surface area contributed by atoms with Crippen LogP contribution in [0.15, 0.2) is 12.1 Å². The van der Waals surface area contributed by atoms with E-state index in [0.717, 1.165) is 12.0 Å². The van der Waals surface area contributed by atoms with Crippen molar-refractivity contribution in [1.29, 1.82) is 0 Å². The van der Waals surface area contributed by atoms with Crippen LogP contribution in [0.2, 0.25) is 15.1 Å². The molecule has 1 aromatic rings. The van der Waals surface area contributed by atoms with Crippen LogP contribution in [0.3, 0.4) is 0 Å². The molecule has 1 fully saturated rings. The fourth-order valence-electron chi connectivity index (χ4n) is 2.36. The number of likely N-dealkylation sites (tertiary alicyclic amines) is 1. The minimum atomic E-state index is -0.490. The van der Waals surface area contributed by atoms with Crippen molar-refractivity contribution in [2.45, 2.75) is 38.7 Å². The minimum absolute atomic E-state index is 0.153. The third-order valence-corrected chi connectivity index (χ3v) is 4.65. The molecular weight excluding hydrogens is 333 g/mol. The highest BCUT2D eigenvalue weighted by molar-refractivity contribution is 6.48. The second-order valence-electron chi connectivity index (χ2n) is 6.18. The first-order valence-corrected chi connectivity index (χ1v) is 7.94. The van der Waals surface area contributed by atoms with E-state index < -0.39 is 5.60 Å². The molecule has 1 unspecified atom stereocenters. The van der Waals surface area contributed by atoms with Crippen molar-refractivity contribution in [3.63, 3.8) is 0 Å². The van der Waals surface area contributed by atoms with Crippen LogP contribution in [-0.4, -0.2) is 29.7 Å². The molecule has 6 heteroatoms. The van der Waals surface area contributed by atoms with Crippen LogP contribution >= 0.6 is 34.8 Å². The number of carbonyl (C=O) groups excluding carboxylic acids is 1. The molecule has 1 aliphatic rings. The average molecular weight is 351 g/mol. The van der Waals surface area contributed by atoms with Gasteiger partial charge in [-0.05, 0) is 38.8 Å². The van der Waals surface area contributed by atoms with E-state index >= 15 is 0 Å². The molecule has 0 radical (unpaired) electrons. The van der Waals surface area contributed by atoms with Gasteiger partial charge in [-0.2, -0.15) is 0 Å². The summed E-state index contributed by atoms with van der Waals surface area (Å²) in [6.45, 7) is 6.79. The molecule has 1 aromatic carbocycles. The maximum absolute atomic E-state index is 12.1. The smallest absolute Gasteiger partial charge is 0.410 e. The Morgan fingerprint density at radius 2 is 1.90 bits per heavy atom. The summed E-state index contributed by atoms with van der Waals surface area (Å²) in [5, 5.41) is 1.28. The Kier molecular flexibility index (Phi) is 4.96. The van der Waals surface area contributed by atoms with Crippen LogP contribution in [0.4, 0.5) is 4.79 Å². The topological polar surface area (TPSA) is 29.5 Å². The van der Waals surface area contributed by atoms with Gasteiger partial charge in [-0.1, -0.05) is 40.9 Å². The van der Waals surface area contributed by atoms with Crippen LogP contribution in [0, 0.1) is 0 Å². The molecule has 1 saturated heterocycles. The van der Waals surface area contributed by atoms with Gasteiger partial charge in [0.15, 0.2) is 0 Å². The normalized spacial score (nSPS) is 19.0. The number of amides is 1. The van der Waals surface area contributed by atoms with Crippen LogP contribution in [0.5, 0.6) is 0 Å². The number of ether oxygens (including phenoxy) is 1. The molecule has 1 amide bonds. The van der Waals surface area contributed by atoms with E-state index in [1.165, 1.54) is 0 Å². The van der Waals surface area contributed by atoms with Crippen LogP contribution in [-0.2, 0) is 4.74 Å². The quantitative estimate of drug-likeness (QED) is 0.637. The first-order valence-electron chi connectivity index (χ1n) is 6.80. The monoisotopic (exact) mass is 349 g/mol. The molecule has 116 valence electrons. The van der Waals surface area contributed by atoms with E-state index in [-0.39, 0.29) is 12.0 Å². The molecule has 0 spiro atoms. The van der Waals surface area contributed by atoms with E-state index in [1.807, 2.05) is 26.8 Å². The molecule has 1 atom stereocenters. The Morgan fingerprint density at radius 1 is 1.24 bits per heavy atom. The largest absolute Gasteiger partial charge is 0.444 e. The van der Waals surface area contributed by atoms with Crippen molar-refractivity contribution in [3.8, 4) is 0 Å². The van der Waals surface area contributed by atoms with Crippen molar-refractivity contribution in [1.82, 2.24) is 4.90 Å². The summed E-state index contributed by atoms with van der Waals surface area (Å²) in [5.41, 5.74) is 0.438. The van der Waals surface area contributed by atoms with Gasteiger partial charge in [0, 0.05) is 19.0 Å². The summed E-state index contributed by atoms with van der Waals surface area (Å²) >= 11 is 18.3. The third-order valence-electron chi connectivity index (χ3n) is 3.34. The lowest BCUT2D eigenvalue weighted by Gasteiger charge is -2.24. The van der Waals surface area contributed by atoms with E-state index in [4.69, 9.17) is 39.5 Å². The van der Waals surface area contributed by atoms with Crippen LogP contribution in [0.1, 0.15) is 38.7 Å². The molecule has 0 N–H and O–H groups in total. The Morgan fingerprint density at radius 3 is 2.52 bits per heavy atom. The molecule has 1 aliphatic heterocycles. The summed E-state index contributed by atoms with van der Waals surface area (Å²) < 4.78 is 5.39. The van der Waals surface area contributed by atoms with Gasteiger partial charge in [0.2, 0.25) is 0 Å². The zero-order valence-electron chi connectivity index (χ0n) is 12.3. The lowest BCUT2D eigenvalue weighted by molar-refractivity contribution is 0.0292. The SMILES string of the molecule is CC(C)(C)OC(=O)N1CCC(c2ccc(Cl)c(Cl)c2Cl)C1.